The summed E-state index contributed by atoms with van der Waals surface area (Å²) in [4.78, 5) is 8.25. The second-order valence-electron chi connectivity index (χ2n) is 5.34. The number of benzene rings is 1. The predicted molar refractivity (Wildman–Crippen MR) is 86.7 cm³/mol. The Hall–Kier alpha value is -2.44. The van der Waals surface area contributed by atoms with Gasteiger partial charge in [-0.3, -0.25) is 9.98 Å². The van der Waals surface area contributed by atoms with Gasteiger partial charge in [-0.2, -0.15) is 0 Å². The van der Waals surface area contributed by atoms with Gasteiger partial charge in [-0.15, -0.1) is 0 Å². The van der Waals surface area contributed by atoms with Gasteiger partial charge in [-0.25, -0.2) is 0 Å². The van der Waals surface area contributed by atoms with Crippen LogP contribution in [0, 0.1) is 6.92 Å². The normalized spacial score (nSPS) is 14.1. The minimum atomic E-state index is -0.852. The van der Waals surface area contributed by atoms with E-state index in [1.165, 1.54) is 24.5 Å². The van der Waals surface area contributed by atoms with E-state index in [1.54, 1.807) is 26.0 Å². The van der Waals surface area contributed by atoms with E-state index < -0.39 is 12.1 Å². The van der Waals surface area contributed by atoms with Crippen molar-refractivity contribution in [2.45, 2.75) is 32.6 Å². The van der Waals surface area contributed by atoms with Crippen molar-refractivity contribution in [1.29, 1.82) is 0 Å². The summed E-state index contributed by atoms with van der Waals surface area (Å²) in [6.07, 6.45) is 2.07. The largest absolute Gasteiger partial charge is 0.508 e. The molecule has 2 atom stereocenters. The van der Waals surface area contributed by atoms with Crippen molar-refractivity contribution < 1.29 is 20.4 Å². The third-order valence-corrected chi connectivity index (χ3v) is 3.66. The number of phenols is 1. The number of phenolic OH excluding ortho intramolecular Hbond substituents is 1. The first kappa shape index (κ1) is 16.9. The second kappa shape index (κ2) is 7.21. The molecule has 0 aliphatic rings. The number of aromatic hydroxyl groups is 2. The van der Waals surface area contributed by atoms with E-state index >= 15 is 0 Å². The summed E-state index contributed by atoms with van der Waals surface area (Å²) in [5.41, 5.74) is 1.92. The SMILES string of the molecule is Cc1ncc(CO)c(C=N[C@@H](C)[C@H](O)c2ccc(O)cc2)c1O. The molecule has 2 aromatic rings. The summed E-state index contributed by atoms with van der Waals surface area (Å²) in [6, 6.07) is 5.77. The fraction of sp³-hybridized carbons (Fsp3) is 0.294. The van der Waals surface area contributed by atoms with Gasteiger partial charge < -0.3 is 20.4 Å². The molecule has 0 unspecified atom stereocenters. The highest BCUT2D eigenvalue weighted by Crippen LogP contribution is 2.24. The molecule has 0 fully saturated rings. The maximum atomic E-state index is 10.3. The number of aliphatic hydroxyl groups excluding tert-OH is 2. The van der Waals surface area contributed by atoms with Crippen LogP contribution in [-0.4, -0.2) is 37.7 Å². The van der Waals surface area contributed by atoms with E-state index in [9.17, 15) is 20.4 Å². The molecule has 0 spiro atoms. The standard InChI is InChI=1S/C17H20N2O4/c1-10(16(22)12-3-5-14(21)6-4-12)19-8-15-13(9-20)7-18-11(2)17(15)23/h3-8,10,16,20-23H,9H2,1-2H3/t10-,16-/m0/s1. The minimum Gasteiger partial charge on any atom is -0.508 e. The van der Waals surface area contributed by atoms with Gasteiger partial charge in [0.25, 0.3) is 0 Å². The minimum absolute atomic E-state index is 0.0355. The van der Waals surface area contributed by atoms with Gasteiger partial charge in [0, 0.05) is 23.5 Å². The van der Waals surface area contributed by atoms with E-state index in [4.69, 9.17) is 0 Å². The number of aliphatic imine (C=N–C) groups is 1. The Morgan fingerprint density at radius 2 is 1.87 bits per heavy atom. The number of pyridine rings is 1. The van der Waals surface area contributed by atoms with Crippen molar-refractivity contribution in [3.63, 3.8) is 0 Å². The van der Waals surface area contributed by atoms with Crippen LogP contribution in [0.3, 0.4) is 0 Å². The molecule has 0 saturated heterocycles. The number of hydrogen-bond donors (Lipinski definition) is 4. The fourth-order valence-corrected chi connectivity index (χ4v) is 2.15. The lowest BCUT2D eigenvalue weighted by Crippen LogP contribution is -2.13. The van der Waals surface area contributed by atoms with Crippen molar-refractivity contribution in [2.75, 3.05) is 0 Å². The van der Waals surface area contributed by atoms with Gasteiger partial charge in [0.2, 0.25) is 0 Å². The maximum Gasteiger partial charge on any atom is 0.145 e. The van der Waals surface area contributed by atoms with E-state index in [0.717, 1.165) is 0 Å². The summed E-state index contributed by atoms with van der Waals surface area (Å²) >= 11 is 0. The molecule has 6 nitrogen and oxygen atoms in total. The predicted octanol–water partition coefficient (Wildman–Crippen LogP) is 1.83. The number of aliphatic hydroxyl groups is 2. The molecule has 1 aromatic heterocycles. The molecular formula is C17H20N2O4. The quantitative estimate of drug-likeness (QED) is 0.630. The molecule has 1 heterocycles. The summed E-state index contributed by atoms with van der Waals surface area (Å²) in [7, 11) is 0. The smallest absolute Gasteiger partial charge is 0.145 e. The third kappa shape index (κ3) is 3.85. The van der Waals surface area contributed by atoms with E-state index in [1.807, 2.05) is 0 Å². The molecular weight excluding hydrogens is 296 g/mol. The lowest BCUT2D eigenvalue weighted by molar-refractivity contribution is 0.154. The van der Waals surface area contributed by atoms with Crippen LogP contribution in [0.5, 0.6) is 11.5 Å². The van der Waals surface area contributed by atoms with E-state index in [-0.39, 0.29) is 18.1 Å². The Kier molecular flexibility index (Phi) is 5.31. The van der Waals surface area contributed by atoms with E-state index in [2.05, 4.69) is 9.98 Å². The van der Waals surface area contributed by atoms with Crippen molar-refractivity contribution in [3.05, 3.63) is 52.8 Å². The number of rotatable bonds is 5. The topological polar surface area (TPSA) is 106 Å². The van der Waals surface area contributed by atoms with Crippen molar-refractivity contribution in [1.82, 2.24) is 4.98 Å². The molecule has 0 amide bonds. The van der Waals surface area contributed by atoms with Crippen molar-refractivity contribution >= 4 is 6.21 Å². The molecule has 0 aliphatic heterocycles. The first-order chi connectivity index (χ1) is 10.9. The second-order valence-corrected chi connectivity index (χ2v) is 5.34. The average Bonchev–Trinajstić information content (AvgIpc) is 2.56. The molecule has 0 bridgehead atoms. The van der Waals surface area contributed by atoms with Crippen LogP contribution in [0.1, 0.15) is 35.4 Å². The molecule has 2 rings (SSSR count). The lowest BCUT2D eigenvalue weighted by Gasteiger charge is -2.16. The Morgan fingerprint density at radius 1 is 1.22 bits per heavy atom. The monoisotopic (exact) mass is 316 g/mol. The highest BCUT2D eigenvalue weighted by atomic mass is 16.3. The summed E-state index contributed by atoms with van der Waals surface area (Å²) in [5, 5.41) is 38.9. The number of aromatic nitrogens is 1. The van der Waals surface area contributed by atoms with Gasteiger partial charge in [-0.1, -0.05) is 12.1 Å². The zero-order valence-electron chi connectivity index (χ0n) is 13.0. The van der Waals surface area contributed by atoms with Gasteiger partial charge in [-0.05, 0) is 31.5 Å². The van der Waals surface area contributed by atoms with Gasteiger partial charge in [0.05, 0.1) is 18.3 Å². The van der Waals surface area contributed by atoms with Crippen LogP contribution >= 0.6 is 0 Å². The molecule has 6 heteroatoms. The Morgan fingerprint density at radius 3 is 2.48 bits per heavy atom. The van der Waals surface area contributed by atoms with Gasteiger partial charge in [0.15, 0.2) is 0 Å². The van der Waals surface area contributed by atoms with Gasteiger partial charge >= 0.3 is 0 Å². The summed E-state index contributed by atoms with van der Waals surface area (Å²) < 4.78 is 0. The average molecular weight is 316 g/mol. The van der Waals surface area contributed by atoms with Crippen LogP contribution < -0.4 is 0 Å². The molecule has 4 N–H and O–H groups in total. The van der Waals surface area contributed by atoms with Crippen LogP contribution in [0.25, 0.3) is 0 Å². The lowest BCUT2D eigenvalue weighted by atomic mass is 10.0. The van der Waals surface area contributed by atoms with Crippen LogP contribution in [-0.2, 0) is 6.61 Å². The van der Waals surface area contributed by atoms with Crippen LogP contribution in [0.4, 0.5) is 0 Å². The molecule has 1 aromatic carbocycles. The highest BCUT2D eigenvalue weighted by molar-refractivity contribution is 5.85. The first-order valence-electron chi connectivity index (χ1n) is 7.22. The highest BCUT2D eigenvalue weighted by Gasteiger charge is 2.16. The number of hydrogen-bond acceptors (Lipinski definition) is 6. The Labute approximate surface area is 134 Å². The number of nitrogens with zero attached hydrogens (tertiary/aromatic N) is 2. The molecule has 23 heavy (non-hydrogen) atoms. The van der Waals surface area contributed by atoms with Crippen LogP contribution in [0.15, 0.2) is 35.5 Å². The first-order valence-corrected chi connectivity index (χ1v) is 7.22. The molecule has 0 aliphatic carbocycles. The third-order valence-electron chi connectivity index (χ3n) is 3.66. The Bertz CT molecular complexity index is 698. The molecule has 0 radical (unpaired) electrons. The zero-order valence-corrected chi connectivity index (χ0v) is 13.0. The van der Waals surface area contributed by atoms with Crippen molar-refractivity contribution in [2.24, 2.45) is 4.99 Å². The van der Waals surface area contributed by atoms with E-state index in [0.29, 0.717) is 22.4 Å². The van der Waals surface area contributed by atoms with Gasteiger partial charge in [0.1, 0.15) is 17.6 Å². The molecule has 0 saturated carbocycles. The summed E-state index contributed by atoms with van der Waals surface area (Å²) in [6.45, 7) is 3.12. The van der Waals surface area contributed by atoms with Crippen LogP contribution in [0.2, 0.25) is 0 Å². The maximum absolute atomic E-state index is 10.3. The summed E-state index contributed by atoms with van der Waals surface area (Å²) in [5.74, 6) is 0.0912. The zero-order chi connectivity index (χ0) is 17.0. The fourth-order valence-electron chi connectivity index (χ4n) is 2.15. The number of aryl methyl sites for hydroxylation is 1. The molecule has 122 valence electrons. The Balaban J connectivity index is 2.22. The van der Waals surface area contributed by atoms with Crippen molar-refractivity contribution in [3.8, 4) is 11.5 Å².